The molecule has 3 rings (SSSR count). The molecule has 102 valence electrons. The summed E-state index contributed by atoms with van der Waals surface area (Å²) in [5.74, 6) is 1.89. The minimum Gasteiger partial charge on any atom is -0.454 e. The van der Waals surface area contributed by atoms with Crippen molar-refractivity contribution in [2.24, 2.45) is 10.7 Å². The van der Waals surface area contributed by atoms with Gasteiger partial charge in [0.05, 0.1) is 17.6 Å². The van der Waals surface area contributed by atoms with E-state index in [1.165, 1.54) is 0 Å². The molecule has 6 heteroatoms. The van der Waals surface area contributed by atoms with Crippen LogP contribution in [0.25, 0.3) is 0 Å². The van der Waals surface area contributed by atoms with Gasteiger partial charge in [0.25, 0.3) is 0 Å². The van der Waals surface area contributed by atoms with Crippen molar-refractivity contribution < 1.29 is 9.47 Å². The number of rotatable bonds is 2. The molecular formula is C13H16ClN3O2. The summed E-state index contributed by atoms with van der Waals surface area (Å²) in [6.07, 6.45) is 0. The minimum absolute atomic E-state index is 0.104. The number of hydrogen-bond acceptors (Lipinski definition) is 5. The van der Waals surface area contributed by atoms with E-state index >= 15 is 0 Å². The fourth-order valence-corrected chi connectivity index (χ4v) is 2.85. The van der Waals surface area contributed by atoms with Gasteiger partial charge in [-0.05, 0) is 31.5 Å². The smallest absolute Gasteiger partial charge is 0.231 e. The van der Waals surface area contributed by atoms with Crippen LogP contribution in [0.3, 0.4) is 0 Å². The number of guanidine groups is 1. The van der Waals surface area contributed by atoms with Gasteiger partial charge in [-0.3, -0.25) is 4.99 Å². The maximum Gasteiger partial charge on any atom is 0.231 e. The molecule has 1 aromatic rings. The third-order valence-electron chi connectivity index (χ3n) is 3.42. The molecule has 2 N–H and O–H groups in total. The lowest BCUT2D eigenvalue weighted by molar-refractivity contribution is 0.174. The molecule has 1 atom stereocenters. The van der Waals surface area contributed by atoms with Crippen molar-refractivity contribution in [3.05, 3.63) is 22.7 Å². The van der Waals surface area contributed by atoms with Gasteiger partial charge in [0.1, 0.15) is 0 Å². The first-order valence-electron chi connectivity index (χ1n) is 6.25. The Morgan fingerprint density at radius 1 is 1.42 bits per heavy atom. The molecule has 0 radical (unpaired) electrons. The first-order chi connectivity index (χ1) is 9.08. The number of halogens is 1. The Kier molecular flexibility index (Phi) is 2.93. The molecule has 2 heterocycles. The molecule has 0 saturated carbocycles. The molecular weight excluding hydrogens is 266 g/mol. The number of benzene rings is 1. The Hall–Kier alpha value is -1.62. The number of aliphatic imine (C=N–C) groups is 1. The number of ether oxygens (including phenoxy) is 2. The number of nitrogens with two attached hydrogens (primary N) is 1. The summed E-state index contributed by atoms with van der Waals surface area (Å²) in [5.41, 5.74) is 6.99. The highest BCUT2D eigenvalue weighted by Gasteiger charge is 2.31. The van der Waals surface area contributed by atoms with Gasteiger partial charge < -0.3 is 20.1 Å². The average Bonchev–Trinajstić information content (AvgIpc) is 2.94. The Balaban J connectivity index is 1.97. The van der Waals surface area contributed by atoms with Crippen LogP contribution in [0.5, 0.6) is 11.5 Å². The molecule has 19 heavy (non-hydrogen) atoms. The average molecular weight is 282 g/mol. The van der Waals surface area contributed by atoms with E-state index < -0.39 is 0 Å². The normalized spacial score (nSPS) is 21.2. The van der Waals surface area contributed by atoms with Crippen molar-refractivity contribution in [3.63, 3.8) is 0 Å². The Morgan fingerprint density at radius 2 is 2.21 bits per heavy atom. The lowest BCUT2D eigenvalue weighted by Crippen LogP contribution is -2.40. The van der Waals surface area contributed by atoms with Crippen molar-refractivity contribution in [2.75, 3.05) is 13.3 Å². The molecule has 2 aliphatic rings. The predicted molar refractivity (Wildman–Crippen MR) is 73.8 cm³/mol. The van der Waals surface area contributed by atoms with E-state index in [0.717, 1.165) is 5.56 Å². The van der Waals surface area contributed by atoms with E-state index in [0.29, 0.717) is 29.0 Å². The van der Waals surface area contributed by atoms with E-state index in [-0.39, 0.29) is 18.9 Å². The summed E-state index contributed by atoms with van der Waals surface area (Å²) >= 11 is 6.22. The summed E-state index contributed by atoms with van der Waals surface area (Å²) in [5, 5.41) is 0.569. The van der Waals surface area contributed by atoms with Crippen LogP contribution >= 0.6 is 11.6 Å². The van der Waals surface area contributed by atoms with Gasteiger partial charge in [-0.25, -0.2) is 0 Å². The fraction of sp³-hybridized carbons (Fsp3) is 0.462. The first-order valence-corrected chi connectivity index (χ1v) is 6.63. The maximum absolute atomic E-state index is 6.22. The molecule has 0 amide bonds. The largest absolute Gasteiger partial charge is 0.454 e. The minimum atomic E-state index is 0.104. The van der Waals surface area contributed by atoms with Gasteiger partial charge in [0.15, 0.2) is 17.5 Å². The summed E-state index contributed by atoms with van der Waals surface area (Å²) in [6.45, 7) is 5.04. The number of hydrogen-bond donors (Lipinski definition) is 1. The van der Waals surface area contributed by atoms with E-state index in [1.807, 2.05) is 12.1 Å². The summed E-state index contributed by atoms with van der Waals surface area (Å²) in [4.78, 5) is 6.42. The highest BCUT2D eigenvalue weighted by atomic mass is 35.5. The molecule has 2 aliphatic heterocycles. The molecule has 0 aromatic heterocycles. The lowest BCUT2D eigenvalue weighted by Gasteiger charge is -2.30. The van der Waals surface area contributed by atoms with Gasteiger partial charge in [0.2, 0.25) is 6.79 Å². The van der Waals surface area contributed by atoms with Crippen LogP contribution in [-0.2, 0) is 0 Å². The molecule has 0 saturated heterocycles. The Morgan fingerprint density at radius 3 is 2.95 bits per heavy atom. The molecule has 0 bridgehead atoms. The van der Waals surface area contributed by atoms with Crippen LogP contribution < -0.4 is 15.2 Å². The molecule has 0 aliphatic carbocycles. The zero-order valence-corrected chi connectivity index (χ0v) is 11.6. The summed E-state index contributed by atoms with van der Waals surface area (Å²) in [6, 6.07) is 4.25. The molecule has 5 nitrogen and oxygen atoms in total. The second-order valence-electron chi connectivity index (χ2n) is 4.95. The van der Waals surface area contributed by atoms with E-state index in [1.54, 1.807) is 0 Å². The summed E-state index contributed by atoms with van der Waals surface area (Å²) in [7, 11) is 0. The van der Waals surface area contributed by atoms with Crippen molar-refractivity contribution in [2.45, 2.75) is 25.9 Å². The lowest BCUT2D eigenvalue weighted by atomic mass is 10.0. The van der Waals surface area contributed by atoms with Gasteiger partial charge >= 0.3 is 0 Å². The van der Waals surface area contributed by atoms with Crippen molar-refractivity contribution >= 4 is 17.6 Å². The zero-order valence-electron chi connectivity index (χ0n) is 10.9. The molecule has 1 aromatic carbocycles. The number of nitrogens with zero attached hydrogens (tertiary/aromatic N) is 2. The van der Waals surface area contributed by atoms with Gasteiger partial charge in [-0.2, -0.15) is 0 Å². The van der Waals surface area contributed by atoms with Crippen LogP contribution in [-0.4, -0.2) is 30.2 Å². The van der Waals surface area contributed by atoms with Crippen LogP contribution in [0.1, 0.15) is 25.5 Å². The van der Waals surface area contributed by atoms with Crippen molar-refractivity contribution in [1.82, 2.24) is 4.90 Å². The standard InChI is InChI=1S/C13H16ClN3O2/c1-7(2)17-10(5-16-13(17)15)8-3-9(14)12-11(4-8)18-6-19-12/h3-4,7,10H,5-6H2,1-2H3,(H2,15,16)/t10-/m1/s1. The van der Waals surface area contributed by atoms with Crippen molar-refractivity contribution in [3.8, 4) is 11.5 Å². The fourth-order valence-electron chi connectivity index (χ4n) is 2.58. The SMILES string of the molecule is CC(C)N1C(N)=NC[C@@H]1c1cc(Cl)c2c(c1)OCO2. The highest BCUT2D eigenvalue weighted by molar-refractivity contribution is 6.32. The zero-order chi connectivity index (χ0) is 13.6. The van der Waals surface area contributed by atoms with Crippen LogP contribution in [0, 0.1) is 0 Å². The van der Waals surface area contributed by atoms with E-state index in [2.05, 4.69) is 23.7 Å². The monoisotopic (exact) mass is 281 g/mol. The second-order valence-corrected chi connectivity index (χ2v) is 5.36. The Labute approximate surface area is 116 Å². The number of fused-ring (bicyclic) bond motifs is 1. The molecule has 0 unspecified atom stereocenters. The van der Waals surface area contributed by atoms with Crippen LogP contribution in [0.15, 0.2) is 17.1 Å². The first kappa shape index (κ1) is 12.4. The van der Waals surface area contributed by atoms with Crippen LogP contribution in [0.4, 0.5) is 0 Å². The third kappa shape index (κ3) is 1.98. The van der Waals surface area contributed by atoms with Crippen LogP contribution in [0.2, 0.25) is 5.02 Å². The van der Waals surface area contributed by atoms with Crippen molar-refractivity contribution in [1.29, 1.82) is 0 Å². The predicted octanol–water partition coefficient (Wildman–Crippen LogP) is 2.15. The summed E-state index contributed by atoms with van der Waals surface area (Å²) < 4.78 is 10.7. The third-order valence-corrected chi connectivity index (χ3v) is 3.70. The quantitative estimate of drug-likeness (QED) is 0.902. The van der Waals surface area contributed by atoms with E-state index in [4.69, 9.17) is 26.8 Å². The van der Waals surface area contributed by atoms with Gasteiger partial charge in [-0.15, -0.1) is 0 Å². The molecule has 0 fully saturated rings. The van der Waals surface area contributed by atoms with Gasteiger partial charge in [0, 0.05) is 6.04 Å². The maximum atomic E-state index is 6.22. The van der Waals surface area contributed by atoms with Gasteiger partial charge in [-0.1, -0.05) is 11.6 Å². The molecule has 0 spiro atoms. The topological polar surface area (TPSA) is 60.1 Å². The van der Waals surface area contributed by atoms with E-state index in [9.17, 15) is 0 Å². The highest BCUT2D eigenvalue weighted by Crippen LogP contribution is 2.42. The Bertz CT molecular complexity index is 545. The second kappa shape index (κ2) is 4.49.